The molecule has 1 unspecified atom stereocenters. The zero-order valence-corrected chi connectivity index (χ0v) is 17.5. The van der Waals surface area contributed by atoms with Gasteiger partial charge in [-0.1, -0.05) is 72.1 Å². The van der Waals surface area contributed by atoms with Gasteiger partial charge >= 0.3 is 0 Å². The van der Waals surface area contributed by atoms with E-state index in [4.69, 9.17) is 34.8 Å². The Morgan fingerprint density at radius 2 is 1.75 bits per heavy atom. The molecule has 6 heteroatoms. The third-order valence-corrected chi connectivity index (χ3v) is 6.99. The lowest BCUT2D eigenvalue weighted by Gasteiger charge is -2.43. The molecular formula is C22H20Cl3NO2. The fourth-order valence-corrected chi connectivity index (χ4v) is 5.46. The molecule has 2 aliphatic rings. The van der Waals surface area contributed by atoms with Crippen molar-refractivity contribution in [2.24, 2.45) is 11.3 Å². The van der Waals surface area contributed by atoms with Crippen LogP contribution in [0.25, 0.3) is 0 Å². The van der Waals surface area contributed by atoms with Crippen molar-refractivity contribution in [2.75, 3.05) is 0 Å². The predicted octanol–water partition coefficient (Wildman–Crippen LogP) is 5.54. The molecule has 0 bridgehead atoms. The average Bonchev–Trinajstić information content (AvgIpc) is 2.93. The van der Waals surface area contributed by atoms with Crippen LogP contribution in [0.1, 0.15) is 36.3 Å². The average molecular weight is 437 g/mol. The highest BCUT2D eigenvalue weighted by atomic mass is 35.5. The van der Waals surface area contributed by atoms with Gasteiger partial charge in [0, 0.05) is 32.8 Å². The van der Waals surface area contributed by atoms with E-state index < -0.39 is 11.6 Å². The SMILES string of the molecule is CC[C@@]12C=C[C@@H](c3ccc(Cl)cc3Cl)[C@H](c3ccc(Cl)cc3)[C@@H]1C(O)NC2=O. The zero-order chi connectivity index (χ0) is 20.1. The van der Waals surface area contributed by atoms with Crippen LogP contribution < -0.4 is 5.32 Å². The Morgan fingerprint density at radius 1 is 1.07 bits per heavy atom. The van der Waals surface area contributed by atoms with Crippen molar-refractivity contribution in [1.82, 2.24) is 5.32 Å². The summed E-state index contributed by atoms with van der Waals surface area (Å²) in [6, 6.07) is 13.0. The summed E-state index contributed by atoms with van der Waals surface area (Å²) in [5.41, 5.74) is 1.17. The van der Waals surface area contributed by atoms with Gasteiger partial charge in [0.2, 0.25) is 5.91 Å². The molecule has 1 aliphatic heterocycles. The summed E-state index contributed by atoms with van der Waals surface area (Å²) in [6.45, 7) is 1.98. The van der Waals surface area contributed by atoms with E-state index in [2.05, 4.69) is 5.32 Å². The number of fused-ring (bicyclic) bond motifs is 1. The summed E-state index contributed by atoms with van der Waals surface area (Å²) in [5.74, 6) is -0.732. The maximum absolute atomic E-state index is 12.8. The number of hydrogen-bond acceptors (Lipinski definition) is 2. The van der Waals surface area contributed by atoms with Crippen LogP contribution in [-0.4, -0.2) is 17.2 Å². The Hall–Kier alpha value is -1.52. The van der Waals surface area contributed by atoms with Crippen LogP contribution in [0, 0.1) is 11.3 Å². The quantitative estimate of drug-likeness (QED) is 0.620. The van der Waals surface area contributed by atoms with Gasteiger partial charge in [-0.15, -0.1) is 0 Å². The fourth-order valence-electron chi connectivity index (χ4n) is 4.80. The lowest BCUT2D eigenvalue weighted by molar-refractivity contribution is -0.127. The summed E-state index contributed by atoms with van der Waals surface area (Å²) < 4.78 is 0. The van der Waals surface area contributed by atoms with Gasteiger partial charge in [-0.25, -0.2) is 0 Å². The fraction of sp³-hybridized carbons (Fsp3) is 0.318. The molecular weight excluding hydrogens is 417 g/mol. The van der Waals surface area contributed by atoms with Gasteiger partial charge in [-0.05, 0) is 41.8 Å². The highest BCUT2D eigenvalue weighted by Gasteiger charge is 2.58. The van der Waals surface area contributed by atoms with E-state index in [9.17, 15) is 9.90 Å². The molecule has 1 amide bonds. The summed E-state index contributed by atoms with van der Waals surface area (Å²) in [5, 5.41) is 15.3. The molecule has 1 fully saturated rings. The van der Waals surface area contributed by atoms with Gasteiger partial charge in [0.1, 0.15) is 6.23 Å². The minimum Gasteiger partial charge on any atom is -0.373 e. The van der Waals surface area contributed by atoms with E-state index in [0.717, 1.165) is 11.1 Å². The first kappa shape index (κ1) is 19.8. The second-order valence-corrected chi connectivity index (χ2v) is 8.75. The largest absolute Gasteiger partial charge is 0.373 e. The Balaban J connectivity index is 1.92. The maximum atomic E-state index is 12.8. The second-order valence-electron chi connectivity index (χ2n) is 7.47. The number of aliphatic hydroxyl groups excluding tert-OH is 1. The van der Waals surface area contributed by atoms with E-state index in [-0.39, 0.29) is 23.7 Å². The van der Waals surface area contributed by atoms with Crippen LogP contribution in [0.4, 0.5) is 0 Å². The van der Waals surface area contributed by atoms with Gasteiger partial charge in [0.25, 0.3) is 0 Å². The van der Waals surface area contributed by atoms with Crippen molar-refractivity contribution >= 4 is 40.7 Å². The predicted molar refractivity (Wildman–Crippen MR) is 113 cm³/mol. The van der Waals surface area contributed by atoms with Gasteiger partial charge in [0.05, 0.1) is 5.41 Å². The number of aliphatic hydroxyl groups is 1. The third-order valence-electron chi connectivity index (χ3n) is 6.17. The van der Waals surface area contributed by atoms with Crippen molar-refractivity contribution < 1.29 is 9.90 Å². The van der Waals surface area contributed by atoms with E-state index >= 15 is 0 Å². The molecule has 0 saturated carbocycles. The summed E-state index contributed by atoms with van der Waals surface area (Å²) in [6.07, 6.45) is 3.66. The molecule has 0 aromatic heterocycles. The molecule has 2 aromatic rings. The van der Waals surface area contributed by atoms with Crippen LogP contribution in [0.15, 0.2) is 54.6 Å². The number of allylic oxidation sites excluding steroid dienone is 1. The van der Waals surface area contributed by atoms with Crippen molar-refractivity contribution in [3.8, 4) is 0 Å². The molecule has 0 radical (unpaired) electrons. The minimum atomic E-state index is -0.938. The first-order chi connectivity index (χ1) is 13.4. The highest BCUT2D eigenvalue weighted by molar-refractivity contribution is 6.35. The first-order valence-corrected chi connectivity index (χ1v) is 10.4. The van der Waals surface area contributed by atoms with Crippen LogP contribution in [0.5, 0.6) is 0 Å². The van der Waals surface area contributed by atoms with Crippen molar-refractivity contribution in [3.63, 3.8) is 0 Å². The number of hydrogen-bond donors (Lipinski definition) is 2. The van der Waals surface area contributed by atoms with Crippen LogP contribution in [0.3, 0.4) is 0 Å². The molecule has 0 spiro atoms. The molecule has 2 N–H and O–H groups in total. The number of rotatable bonds is 3. The molecule has 28 heavy (non-hydrogen) atoms. The smallest absolute Gasteiger partial charge is 0.232 e. The van der Waals surface area contributed by atoms with Crippen LogP contribution in [0.2, 0.25) is 15.1 Å². The molecule has 1 heterocycles. The molecule has 5 atom stereocenters. The molecule has 3 nitrogen and oxygen atoms in total. The van der Waals surface area contributed by atoms with Gasteiger partial charge in [-0.2, -0.15) is 0 Å². The number of amides is 1. The Kier molecular flexibility index (Phi) is 5.22. The number of nitrogens with one attached hydrogen (secondary N) is 1. The first-order valence-electron chi connectivity index (χ1n) is 9.26. The Bertz CT molecular complexity index is 943. The van der Waals surface area contributed by atoms with Gasteiger partial charge < -0.3 is 10.4 Å². The number of carbonyl (C=O) groups is 1. The second kappa shape index (κ2) is 7.38. The Labute approximate surface area is 179 Å². The zero-order valence-electron chi connectivity index (χ0n) is 15.2. The lowest BCUT2D eigenvalue weighted by Crippen LogP contribution is -2.41. The summed E-state index contributed by atoms with van der Waals surface area (Å²) in [4.78, 5) is 12.8. The lowest BCUT2D eigenvalue weighted by atomic mass is 9.58. The maximum Gasteiger partial charge on any atom is 0.232 e. The third kappa shape index (κ3) is 3.05. The molecule has 146 valence electrons. The standard InChI is InChI=1S/C22H20Cl3NO2/c1-2-22-10-9-16(15-8-7-14(24)11-17(15)25)18(12-3-5-13(23)6-4-12)19(22)20(27)26-21(22)28/h3-11,16,18-20,27H,2H2,1H3,(H,26,28)/t16-,18-,19+,20?,22+/m0/s1. The van der Waals surface area contributed by atoms with Crippen molar-refractivity contribution in [2.45, 2.75) is 31.4 Å². The van der Waals surface area contributed by atoms with Crippen LogP contribution >= 0.6 is 34.8 Å². The van der Waals surface area contributed by atoms with E-state index in [1.807, 2.05) is 55.5 Å². The number of carbonyl (C=O) groups excluding carboxylic acids is 1. The van der Waals surface area contributed by atoms with Crippen molar-refractivity contribution in [3.05, 3.63) is 80.8 Å². The molecule has 1 aliphatic carbocycles. The molecule has 4 rings (SSSR count). The molecule has 1 saturated heterocycles. The van der Waals surface area contributed by atoms with E-state index in [1.165, 1.54) is 0 Å². The molecule has 2 aromatic carbocycles. The summed E-state index contributed by atoms with van der Waals surface area (Å²) >= 11 is 18.7. The van der Waals surface area contributed by atoms with Crippen molar-refractivity contribution in [1.29, 1.82) is 0 Å². The van der Waals surface area contributed by atoms with Gasteiger partial charge in [0.15, 0.2) is 0 Å². The number of halogens is 3. The minimum absolute atomic E-state index is 0.113. The van der Waals surface area contributed by atoms with Gasteiger partial charge in [-0.3, -0.25) is 4.79 Å². The highest BCUT2D eigenvalue weighted by Crippen LogP contribution is 2.57. The Morgan fingerprint density at radius 3 is 2.39 bits per heavy atom. The van der Waals surface area contributed by atoms with Crippen LogP contribution in [-0.2, 0) is 4.79 Å². The summed E-state index contributed by atoms with van der Waals surface area (Å²) in [7, 11) is 0. The number of benzene rings is 2. The van der Waals surface area contributed by atoms with E-state index in [1.54, 1.807) is 6.07 Å². The normalized spacial score (nSPS) is 31.5. The topological polar surface area (TPSA) is 49.3 Å². The monoisotopic (exact) mass is 435 g/mol. The van der Waals surface area contributed by atoms with E-state index in [0.29, 0.717) is 21.5 Å².